The van der Waals surface area contributed by atoms with Crippen LogP contribution < -0.4 is 14.6 Å². The Morgan fingerprint density at radius 2 is 1.65 bits per heavy atom. The highest BCUT2D eigenvalue weighted by molar-refractivity contribution is 5.92. The average molecular weight is 347 g/mol. The van der Waals surface area contributed by atoms with Gasteiger partial charge in [-0.25, -0.2) is 0 Å². The van der Waals surface area contributed by atoms with Crippen molar-refractivity contribution in [2.24, 2.45) is 0 Å². The van der Waals surface area contributed by atoms with Gasteiger partial charge < -0.3 is 10.1 Å². The molecule has 0 bridgehead atoms. The normalized spacial score (nSPS) is 11.6. The molecule has 4 nitrogen and oxygen atoms in total. The number of amides is 1. The van der Waals surface area contributed by atoms with E-state index < -0.39 is 0 Å². The largest absolute Gasteiger partial charge is 0.489 e. The Labute approximate surface area is 154 Å². The fourth-order valence-electron chi connectivity index (χ4n) is 2.53. The summed E-state index contributed by atoms with van der Waals surface area (Å²) in [6, 6.07) is 21.1. The number of rotatable bonds is 6. The van der Waals surface area contributed by atoms with Gasteiger partial charge in [0.25, 0.3) is 5.91 Å². The molecule has 26 heavy (non-hydrogen) atoms. The van der Waals surface area contributed by atoms with Crippen molar-refractivity contribution in [1.29, 1.82) is 0 Å². The van der Waals surface area contributed by atoms with Gasteiger partial charge in [0.05, 0.1) is 0 Å². The number of nitrogens with one attached hydrogen (secondary N) is 1. The van der Waals surface area contributed by atoms with Crippen LogP contribution in [0.1, 0.15) is 24.1 Å². The van der Waals surface area contributed by atoms with E-state index in [1.165, 1.54) is 5.56 Å². The summed E-state index contributed by atoms with van der Waals surface area (Å²) in [5.41, 5.74) is 3.04. The summed E-state index contributed by atoms with van der Waals surface area (Å²) in [5.74, 6) is 0.713. The second-order valence-electron chi connectivity index (χ2n) is 6.29. The van der Waals surface area contributed by atoms with Crippen molar-refractivity contribution in [3.05, 3.63) is 90.3 Å². The highest BCUT2D eigenvalue weighted by Crippen LogP contribution is 2.17. The molecule has 4 heteroatoms. The molecule has 0 aliphatic heterocycles. The van der Waals surface area contributed by atoms with Crippen molar-refractivity contribution in [3.8, 4) is 5.75 Å². The topological polar surface area (TPSA) is 42.2 Å². The van der Waals surface area contributed by atoms with E-state index >= 15 is 0 Å². The molecular formula is C22H23N2O2+. The molecule has 3 aromatic rings. The number of hydrogen-bond acceptors (Lipinski definition) is 2. The Morgan fingerprint density at radius 3 is 2.31 bits per heavy atom. The molecule has 0 radical (unpaired) electrons. The van der Waals surface area contributed by atoms with Crippen LogP contribution in [0.2, 0.25) is 0 Å². The number of carbonyl (C=O) groups is 1. The summed E-state index contributed by atoms with van der Waals surface area (Å²) in [7, 11) is 0. The van der Waals surface area contributed by atoms with Crippen LogP contribution in [0.15, 0.2) is 79.1 Å². The number of ether oxygens (including phenoxy) is 1. The fraction of sp³-hybridized carbons (Fsp3) is 0.182. The molecular weight excluding hydrogens is 324 g/mol. The minimum absolute atomic E-state index is 0.0585. The maximum Gasteiger partial charge on any atom is 0.293 e. The SMILES string of the molecule is Cc1cc[n+]([C@@H](C)C(=O)Nc2ccc(OCc3ccccc3)cc2)cc1. The monoisotopic (exact) mass is 347 g/mol. The standard InChI is InChI=1S/C22H22N2O2/c1-17-12-14-24(15-13-17)18(2)22(25)23-20-8-10-21(11-9-20)26-16-19-6-4-3-5-7-19/h3-15,18H,16H2,1-2H3/p+1/t18-/m0/s1. The highest BCUT2D eigenvalue weighted by atomic mass is 16.5. The molecule has 1 aromatic heterocycles. The quantitative estimate of drug-likeness (QED) is 0.683. The van der Waals surface area contributed by atoms with Crippen LogP contribution in [0.4, 0.5) is 5.69 Å². The molecule has 0 saturated heterocycles. The van der Waals surface area contributed by atoms with Gasteiger partial charge in [-0.1, -0.05) is 30.3 Å². The summed E-state index contributed by atoms with van der Waals surface area (Å²) in [6.45, 7) is 4.42. The minimum Gasteiger partial charge on any atom is -0.489 e. The molecule has 1 amide bonds. The van der Waals surface area contributed by atoms with Crippen molar-refractivity contribution in [2.75, 3.05) is 5.32 Å². The van der Waals surface area contributed by atoms with E-state index in [-0.39, 0.29) is 11.9 Å². The minimum atomic E-state index is -0.287. The number of aromatic nitrogens is 1. The lowest BCUT2D eigenvalue weighted by Gasteiger charge is -2.10. The first-order chi connectivity index (χ1) is 12.6. The van der Waals surface area contributed by atoms with E-state index in [2.05, 4.69) is 5.32 Å². The van der Waals surface area contributed by atoms with Gasteiger partial charge in [-0.05, 0) is 42.3 Å². The van der Waals surface area contributed by atoms with E-state index in [1.54, 1.807) is 0 Å². The van der Waals surface area contributed by atoms with Crippen LogP contribution >= 0.6 is 0 Å². The molecule has 1 heterocycles. The Morgan fingerprint density at radius 1 is 1.00 bits per heavy atom. The first-order valence-electron chi connectivity index (χ1n) is 8.67. The van der Waals surface area contributed by atoms with E-state index in [0.717, 1.165) is 17.0 Å². The van der Waals surface area contributed by atoms with Gasteiger partial charge >= 0.3 is 0 Å². The molecule has 0 spiro atoms. The zero-order valence-corrected chi connectivity index (χ0v) is 15.1. The Bertz CT molecular complexity index is 844. The number of benzene rings is 2. The molecule has 132 valence electrons. The molecule has 0 aliphatic carbocycles. The Balaban J connectivity index is 1.56. The summed E-state index contributed by atoms with van der Waals surface area (Å²) >= 11 is 0. The van der Waals surface area contributed by atoms with Gasteiger partial charge in [-0.15, -0.1) is 0 Å². The van der Waals surface area contributed by atoms with Crippen LogP contribution in [0.5, 0.6) is 5.75 Å². The zero-order valence-electron chi connectivity index (χ0n) is 15.1. The first-order valence-corrected chi connectivity index (χ1v) is 8.67. The van der Waals surface area contributed by atoms with Crippen LogP contribution in [-0.4, -0.2) is 5.91 Å². The van der Waals surface area contributed by atoms with Gasteiger partial charge in [0, 0.05) is 24.7 Å². The molecule has 0 aliphatic rings. The van der Waals surface area contributed by atoms with Crippen molar-refractivity contribution in [1.82, 2.24) is 0 Å². The van der Waals surface area contributed by atoms with Crippen molar-refractivity contribution in [2.45, 2.75) is 26.5 Å². The van der Waals surface area contributed by atoms with Crippen LogP contribution in [0.3, 0.4) is 0 Å². The second kappa shape index (κ2) is 8.30. The third-order valence-corrected chi connectivity index (χ3v) is 4.22. The summed E-state index contributed by atoms with van der Waals surface area (Å²) in [5, 5.41) is 2.94. The van der Waals surface area contributed by atoms with Crippen LogP contribution in [0.25, 0.3) is 0 Å². The smallest absolute Gasteiger partial charge is 0.293 e. The Kier molecular flexibility index (Phi) is 5.64. The average Bonchev–Trinajstić information content (AvgIpc) is 2.68. The lowest BCUT2D eigenvalue weighted by atomic mass is 10.2. The second-order valence-corrected chi connectivity index (χ2v) is 6.29. The number of pyridine rings is 1. The third-order valence-electron chi connectivity index (χ3n) is 4.22. The molecule has 0 fully saturated rings. The maximum atomic E-state index is 12.4. The molecule has 1 N–H and O–H groups in total. The number of aryl methyl sites for hydroxylation is 1. The molecule has 1 atom stereocenters. The maximum absolute atomic E-state index is 12.4. The van der Waals surface area contributed by atoms with Gasteiger partial charge in [-0.3, -0.25) is 4.79 Å². The van der Waals surface area contributed by atoms with Gasteiger partial charge in [0.1, 0.15) is 12.4 Å². The number of anilines is 1. The lowest BCUT2D eigenvalue weighted by molar-refractivity contribution is -0.705. The number of carbonyl (C=O) groups excluding carboxylic acids is 1. The van der Waals surface area contributed by atoms with E-state index in [0.29, 0.717) is 6.61 Å². The van der Waals surface area contributed by atoms with Gasteiger partial charge in [0.15, 0.2) is 12.4 Å². The molecule has 0 saturated carbocycles. The lowest BCUT2D eigenvalue weighted by Crippen LogP contribution is -2.43. The number of nitrogens with zero attached hydrogens (tertiary/aromatic N) is 1. The zero-order chi connectivity index (χ0) is 18.4. The third kappa shape index (κ3) is 4.70. The van der Waals surface area contributed by atoms with Gasteiger partial charge in [0.2, 0.25) is 6.04 Å². The predicted octanol–water partition coefficient (Wildman–Crippen LogP) is 4.06. The predicted molar refractivity (Wildman–Crippen MR) is 102 cm³/mol. The van der Waals surface area contributed by atoms with Crippen molar-refractivity contribution < 1.29 is 14.1 Å². The summed E-state index contributed by atoms with van der Waals surface area (Å²) in [6.07, 6.45) is 3.83. The van der Waals surface area contributed by atoms with E-state index in [1.807, 2.05) is 97.5 Å². The molecule has 2 aromatic carbocycles. The van der Waals surface area contributed by atoms with E-state index in [9.17, 15) is 4.79 Å². The van der Waals surface area contributed by atoms with Crippen molar-refractivity contribution in [3.63, 3.8) is 0 Å². The van der Waals surface area contributed by atoms with Gasteiger partial charge in [-0.2, -0.15) is 4.57 Å². The molecule has 3 rings (SSSR count). The summed E-state index contributed by atoms with van der Waals surface area (Å²) < 4.78 is 7.65. The molecule has 0 unspecified atom stereocenters. The fourth-order valence-corrected chi connectivity index (χ4v) is 2.53. The Hall–Kier alpha value is -3.14. The highest BCUT2D eigenvalue weighted by Gasteiger charge is 2.21. The van der Waals surface area contributed by atoms with Crippen LogP contribution in [0, 0.1) is 6.92 Å². The first kappa shape index (κ1) is 17.7. The van der Waals surface area contributed by atoms with E-state index in [4.69, 9.17) is 4.74 Å². The van der Waals surface area contributed by atoms with Crippen molar-refractivity contribution >= 4 is 11.6 Å². The number of hydrogen-bond donors (Lipinski definition) is 1. The summed E-state index contributed by atoms with van der Waals surface area (Å²) in [4.78, 5) is 12.4. The van der Waals surface area contributed by atoms with Crippen LogP contribution in [-0.2, 0) is 11.4 Å².